The quantitative estimate of drug-likeness (QED) is 0.875. The summed E-state index contributed by atoms with van der Waals surface area (Å²) in [4.78, 5) is 7.12. The molecular formula is C12H21N3S. The van der Waals surface area contributed by atoms with Crippen LogP contribution in [-0.4, -0.2) is 37.1 Å². The van der Waals surface area contributed by atoms with Gasteiger partial charge in [-0.25, -0.2) is 4.98 Å². The smallest absolute Gasteiger partial charge is 0.0898 e. The maximum atomic E-state index is 4.67. The Morgan fingerprint density at radius 1 is 1.62 bits per heavy atom. The molecule has 4 heteroatoms. The molecule has 0 amide bonds. The highest BCUT2D eigenvalue weighted by Gasteiger charge is 2.31. The van der Waals surface area contributed by atoms with E-state index in [4.69, 9.17) is 0 Å². The first-order valence-electron chi connectivity index (χ1n) is 5.99. The summed E-state index contributed by atoms with van der Waals surface area (Å²) in [5.41, 5.74) is 1.27. The van der Waals surface area contributed by atoms with Crippen LogP contribution in [0.15, 0.2) is 5.38 Å². The van der Waals surface area contributed by atoms with Gasteiger partial charge in [-0.15, -0.1) is 11.3 Å². The van der Waals surface area contributed by atoms with Crippen molar-refractivity contribution in [1.82, 2.24) is 15.2 Å². The third kappa shape index (κ3) is 2.44. The molecular weight excluding hydrogens is 218 g/mol. The molecule has 1 aromatic rings. The number of nitrogens with one attached hydrogen (secondary N) is 1. The molecule has 2 unspecified atom stereocenters. The molecule has 1 fully saturated rings. The lowest BCUT2D eigenvalue weighted by molar-refractivity contribution is 0.118. The van der Waals surface area contributed by atoms with E-state index in [9.17, 15) is 0 Å². The summed E-state index contributed by atoms with van der Waals surface area (Å²) in [6.07, 6.45) is 2.62. The van der Waals surface area contributed by atoms with Crippen LogP contribution in [0.1, 0.15) is 29.6 Å². The second-order valence-corrected chi connectivity index (χ2v) is 5.74. The van der Waals surface area contributed by atoms with E-state index in [1.807, 2.05) is 7.05 Å². The summed E-state index contributed by atoms with van der Waals surface area (Å²) < 4.78 is 0. The minimum Gasteiger partial charge on any atom is -0.319 e. The first-order valence-corrected chi connectivity index (χ1v) is 6.87. The van der Waals surface area contributed by atoms with Gasteiger partial charge in [-0.2, -0.15) is 0 Å². The van der Waals surface area contributed by atoms with E-state index in [2.05, 4.69) is 34.6 Å². The molecule has 3 nitrogen and oxygen atoms in total. The van der Waals surface area contributed by atoms with Crippen LogP contribution in [0, 0.1) is 12.8 Å². The number of rotatable bonds is 3. The zero-order valence-corrected chi connectivity index (χ0v) is 11.2. The largest absolute Gasteiger partial charge is 0.319 e. The molecule has 0 bridgehead atoms. The third-order valence-corrected chi connectivity index (χ3v) is 4.20. The molecule has 1 aromatic heterocycles. The summed E-state index contributed by atoms with van der Waals surface area (Å²) in [7, 11) is 4.26. The standard InChI is InChI=1S/C12H21N3S/c1-9-14-11(8-16-9)12-10(7-13-2)5-4-6-15(12)3/h8,10,12-13H,4-7H2,1-3H3. The van der Waals surface area contributed by atoms with Crippen molar-refractivity contribution >= 4 is 11.3 Å². The first kappa shape index (κ1) is 12.0. The van der Waals surface area contributed by atoms with Crippen molar-refractivity contribution in [3.8, 4) is 0 Å². The fraction of sp³-hybridized carbons (Fsp3) is 0.750. The number of aryl methyl sites for hydroxylation is 1. The average molecular weight is 239 g/mol. The van der Waals surface area contributed by atoms with E-state index in [1.165, 1.54) is 30.1 Å². The Bertz CT molecular complexity index is 335. The summed E-state index contributed by atoms with van der Waals surface area (Å²) in [6, 6.07) is 0.506. The minimum atomic E-state index is 0.506. The lowest BCUT2D eigenvalue weighted by Gasteiger charge is -2.38. The van der Waals surface area contributed by atoms with Crippen molar-refractivity contribution in [1.29, 1.82) is 0 Å². The maximum absolute atomic E-state index is 4.67. The molecule has 1 aliphatic rings. The fourth-order valence-electron chi connectivity index (χ4n) is 2.72. The molecule has 0 radical (unpaired) electrons. The van der Waals surface area contributed by atoms with Crippen molar-refractivity contribution in [2.24, 2.45) is 5.92 Å². The zero-order valence-electron chi connectivity index (χ0n) is 10.4. The number of piperidine rings is 1. The Hall–Kier alpha value is -0.450. The SMILES string of the molecule is CNCC1CCCN(C)C1c1csc(C)n1. The minimum absolute atomic E-state index is 0.506. The van der Waals surface area contributed by atoms with Crippen molar-refractivity contribution in [3.63, 3.8) is 0 Å². The number of hydrogen-bond donors (Lipinski definition) is 1. The molecule has 1 saturated heterocycles. The molecule has 90 valence electrons. The molecule has 0 aliphatic carbocycles. The lowest BCUT2D eigenvalue weighted by atomic mass is 9.88. The normalized spacial score (nSPS) is 27.2. The number of nitrogens with zero attached hydrogens (tertiary/aromatic N) is 2. The molecule has 0 aromatic carbocycles. The number of likely N-dealkylation sites (tertiary alicyclic amines) is 1. The summed E-state index contributed by atoms with van der Waals surface area (Å²) in [5, 5.41) is 6.72. The second kappa shape index (κ2) is 5.25. The highest BCUT2D eigenvalue weighted by Crippen LogP contribution is 2.34. The van der Waals surface area contributed by atoms with Crippen molar-refractivity contribution in [2.75, 3.05) is 27.2 Å². The van der Waals surface area contributed by atoms with Crippen molar-refractivity contribution in [2.45, 2.75) is 25.8 Å². The highest BCUT2D eigenvalue weighted by atomic mass is 32.1. The van der Waals surface area contributed by atoms with E-state index in [0.717, 1.165) is 6.54 Å². The van der Waals surface area contributed by atoms with Gasteiger partial charge in [0.1, 0.15) is 0 Å². The zero-order chi connectivity index (χ0) is 11.5. The number of hydrogen-bond acceptors (Lipinski definition) is 4. The predicted octanol–water partition coefficient (Wildman–Crippen LogP) is 2.05. The van der Waals surface area contributed by atoms with Crippen LogP contribution in [0.4, 0.5) is 0 Å². The molecule has 2 heterocycles. The summed E-state index contributed by atoms with van der Waals surface area (Å²) in [6.45, 7) is 4.37. The van der Waals surface area contributed by atoms with Gasteiger partial charge >= 0.3 is 0 Å². The first-order chi connectivity index (χ1) is 7.72. The molecule has 0 spiro atoms. The van der Waals surface area contributed by atoms with Crippen LogP contribution in [-0.2, 0) is 0 Å². The van der Waals surface area contributed by atoms with Gasteiger partial charge in [0.25, 0.3) is 0 Å². The van der Waals surface area contributed by atoms with E-state index in [-0.39, 0.29) is 0 Å². The van der Waals surface area contributed by atoms with Crippen molar-refractivity contribution < 1.29 is 0 Å². The van der Waals surface area contributed by atoms with E-state index >= 15 is 0 Å². The van der Waals surface area contributed by atoms with Gasteiger partial charge in [-0.05, 0) is 52.9 Å². The number of thiazole rings is 1. The Balaban J connectivity index is 2.18. The van der Waals surface area contributed by atoms with Crippen LogP contribution in [0.5, 0.6) is 0 Å². The van der Waals surface area contributed by atoms with Gasteiger partial charge in [-0.1, -0.05) is 0 Å². The Morgan fingerprint density at radius 3 is 3.06 bits per heavy atom. The average Bonchev–Trinajstić information content (AvgIpc) is 2.65. The summed E-state index contributed by atoms with van der Waals surface area (Å²) >= 11 is 1.76. The van der Waals surface area contributed by atoms with Gasteiger partial charge in [0.05, 0.1) is 16.7 Å². The molecule has 2 atom stereocenters. The van der Waals surface area contributed by atoms with Crippen LogP contribution in [0.2, 0.25) is 0 Å². The summed E-state index contributed by atoms with van der Waals surface area (Å²) in [5.74, 6) is 0.699. The Morgan fingerprint density at radius 2 is 2.44 bits per heavy atom. The lowest BCUT2D eigenvalue weighted by Crippen LogP contribution is -2.40. The Kier molecular flexibility index (Phi) is 3.95. The maximum Gasteiger partial charge on any atom is 0.0898 e. The fourth-order valence-corrected chi connectivity index (χ4v) is 3.36. The van der Waals surface area contributed by atoms with Gasteiger partial charge in [-0.3, -0.25) is 4.90 Å². The highest BCUT2D eigenvalue weighted by molar-refractivity contribution is 7.09. The topological polar surface area (TPSA) is 28.2 Å². The van der Waals surface area contributed by atoms with Gasteiger partial charge in [0, 0.05) is 5.38 Å². The van der Waals surface area contributed by atoms with Crippen LogP contribution < -0.4 is 5.32 Å². The third-order valence-electron chi connectivity index (χ3n) is 3.41. The second-order valence-electron chi connectivity index (χ2n) is 4.68. The van der Waals surface area contributed by atoms with Gasteiger partial charge < -0.3 is 5.32 Å². The molecule has 1 aliphatic heterocycles. The molecule has 1 N–H and O–H groups in total. The van der Waals surface area contributed by atoms with E-state index < -0.39 is 0 Å². The monoisotopic (exact) mass is 239 g/mol. The van der Waals surface area contributed by atoms with Gasteiger partial charge in [0.2, 0.25) is 0 Å². The number of aromatic nitrogens is 1. The van der Waals surface area contributed by atoms with Crippen LogP contribution >= 0.6 is 11.3 Å². The Labute approximate surface area is 102 Å². The van der Waals surface area contributed by atoms with E-state index in [0.29, 0.717) is 12.0 Å². The molecule has 16 heavy (non-hydrogen) atoms. The predicted molar refractivity (Wildman–Crippen MR) is 68.9 cm³/mol. The van der Waals surface area contributed by atoms with E-state index in [1.54, 1.807) is 11.3 Å². The van der Waals surface area contributed by atoms with Crippen molar-refractivity contribution in [3.05, 3.63) is 16.1 Å². The van der Waals surface area contributed by atoms with Gasteiger partial charge in [0.15, 0.2) is 0 Å². The molecule has 2 rings (SSSR count). The van der Waals surface area contributed by atoms with Crippen LogP contribution in [0.25, 0.3) is 0 Å². The van der Waals surface area contributed by atoms with Crippen LogP contribution in [0.3, 0.4) is 0 Å². The molecule has 0 saturated carbocycles.